The first-order chi connectivity index (χ1) is 16.8. The van der Waals surface area contributed by atoms with Gasteiger partial charge in [0.05, 0.1) is 24.7 Å². The monoisotopic (exact) mass is 471 g/mol. The summed E-state index contributed by atoms with van der Waals surface area (Å²) in [4.78, 5) is 17.4. The Labute approximate surface area is 206 Å². The van der Waals surface area contributed by atoms with Crippen molar-refractivity contribution in [2.45, 2.75) is 39.2 Å². The van der Waals surface area contributed by atoms with Crippen LogP contribution in [0.15, 0.2) is 72.8 Å². The smallest absolute Gasteiger partial charge is 0.251 e. The molecule has 0 aliphatic heterocycles. The average molecular weight is 472 g/mol. The first-order valence-electron chi connectivity index (χ1n) is 11.9. The Hall–Kier alpha value is -3.80. The number of rotatable bonds is 9. The SMILES string of the molecule is COc1cccc(C(=O)NCCc2nc3ccccc3n2CCOc2ccc(C(C)(C)C)cc2)c1. The van der Waals surface area contributed by atoms with Crippen molar-refractivity contribution in [3.63, 3.8) is 0 Å². The molecule has 0 spiro atoms. The molecule has 35 heavy (non-hydrogen) atoms. The third-order valence-electron chi connectivity index (χ3n) is 6.00. The lowest BCUT2D eigenvalue weighted by Crippen LogP contribution is -2.26. The van der Waals surface area contributed by atoms with Gasteiger partial charge in [-0.25, -0.2) is 4.98 Å². The molecule has 4 aromatic rings. The molecule has 6 nitrogen and oxygen atoms in total. The van der Waals surface area contributed by atoms with Gasteiger partial charge in [0.25, 0.3) is 5.91 Å². The second-order valence-corrected chi connectivity index (χ2v) is 9.53. The quantitative estimate of drug-likeness (QED) is 0.355. The van der Waals surface area contributed by atoms with Crippen LogP contribution >= 0.6 is 0 Å². The van der Waals surface area contributed by atoms with Crippen LogP contribution < -0.4 is 14.8 Å². The molecule has 1 N–H and O–H groups in total. The van der Waals surface area contributed by atoms with Crippen LogP contribution in [-0.2, 0) is 18.4 Å². The molecule has 0 saturated heterocycles. The van der Waals surface area contributed by atoms with Crippen molar-refractivity contribution in [3.05, 3.63) is 89.7 Å². The number of amides is 1. The van der Waals surface area contributed by atoms with Gasteiger partial charge in [0, 0.05) is 18.5 Å². The summed E-state index contributed by atoms with van der Waals surface area (Å²) < 4.78 is 13.4. The molecule has 1 aromatic heterocycles. The van der Waals surface area contributed by atoms with Gasteiger partial charge in [0.1, 0.15) is 23.9 Å². The Morgan fingerprint density at radius 1 is 0.971 bits per heavy atom. The summed E-state index contributed by atoms with van der Waals surface area (Å²) in [6, 6.07) is 23.5. The van der Waals surface area contributed by atoms with Crippen LogP contribution in [0.25, 0.3) is 11.0 Å². The van der Waals surface area contributed by atoms with Crippen LogP contribution in [0.4, 0.5) is 0 Å². The number of aromatic nitrogens is 2. The van der Waals surface area contributed by atoms with E-state index < -0.39 is 0 Å². The Morgan fingerprint density at radius 2 is 1.74 bits per heavy atom. The number of para-hydroxylation sites is 2. The number of fused-ring (bicyclic) bond motifs is 1. The molecule has 1 amide bonds. The number of carbonyl (C=O) groups excluding carboxylic acids is 1. The molecule has 1 heterocycles. The number of hydrogen-bond donors (Lipinski definition) is 1. The van der Waals surface area contributed by atoms with Crippen LogP contribution in [0.1, 0.15) is 42.5 Å². The Balaban J connectivity index is 1.40. The molecule has 0 fully saturated rings. The number of ether oxygens (including phenoxy) is 2. The molecule has 182 valence electrons. The van der Waals surface area contributed by atoms with Gasteiger partial charge in [-0.05, 0) is 53.4 Å². The van der Waals surface area contributed by atoms with Gasteiger partial charge in [-0.3, -0.25) is 4.79 Å². The molecule has 6 heteroatoms. The number of methoxy groups -OCH3 is 1. The fourth-order valence-corrected chi connectivity index (χ4v) is 4.03. The number of hydrogen-bond acceptors (Lipinski definition) is 4. The van der Waals surface area contributed by atoms with Gasteiger partial charge in [0.15, 0.2) is 0 Å². The maximum atomic E-state index is 12.6. The summed E-state index contributed by atoms with van der Waals surface area (Å²) in [7, 11) is 1.59. The van der Waals surface area contributed by atoms with E-state index in [0.717, 1.165) is 22.6 Å². The topological polar surface area (TPSA) is 65.4 Å². The summed E-state index contributed by atoms with van der Waals surface area (Å²) in [5, 5.41) is 2.99. The molecule has 0 saturated carbocycles. The largest absolute Gasteiger partial charge is 0.497 e. The lowest BCUT2D eigenvalue weighted by molar-refractivity contribution is 0.0953. The highest BCUT2D eigenvalue weighted by atomic mass is 16.5. The number of carbonyl (C=O) groups is 1. The third-order valence-corrected chi connectivity index (χ3v) is 6.00. The second-order valence-electron chi connectivity index (χ2n) is 9.53. The lowest BCUT2D eigenvalue weighted by atomic mass is 9.87. The summed E-state index contributed by atoms with van der Waals surface area (Å²) in [5.74, 6) is 2.31. The van der Waals surface area contributed by atoms with E-state index in [1.165, 1.54) is 5.56 Å². The highest BCUT2D eigenvalue weighted by Gasteiger charge is 2.14. The van der Waals surface area contributed by atoms with Gasteiger partial charge in [0.2, 0.25) is 0 Å². The van der Waals surface area contributed by atoms with Gasteiger partial charge < -0.3 is 19.4 Å². The number of benzene rings is 3. The highest BCUT2D eigenvalue weighted by Crippen LogP contribution is 2.24. The van der Waals surface area contributed by atoms with Crippen LogP contribution in [0.5, 0.6) is 11.5 Å². The van der Waals surface area contributed by atoms with E-state index in [4.69, 9.17) is 14.5 Å². The Bertz CT molecular complexity index is 1290. The van der Waals surface area contributed by atoms with Crippen LogP contribution in [-0.4, -0.2) is 35.7 Å². The van der Waals surface area contributed by atoms with E-state index >= 15 is 0 Å². The highest BCUT2D eigenvalue weighted by molar-refractivity contribution is 5.94. The van der Waals surface area contributed by atoms with E-state index in [1.54, 1.807) is 19.2 Å². The van der Waals surface area contributed by atoms with E-state index in [1.807, 2.05) is 42.5 Å². The van der Waals surface area contributed by atoms with Crippen molar-refractivity contribution in [2.75, 3.05) is 20.3 Å². The minimum absolute atomic E-state index is 0.116. The predicted molar refractivity (Wildman–Crippen MR) is 139 cm³/mol. The van der Waals surface area contributed by atoms with Gasteiger partial charge in [-0.15, -0.1) is 0 Å². The molecule has 0 radical (unpaired) electrons. The molecule has 3 aromatic carbocycles. The molecular formula is C29H33N3O3. The zero-order chi connectivity index (χ0) is 24.8. The van der Waals surface area contributed by atoms with Crippen LogP contribution in [0.3, 0.4) is 0 Å². The minimum Gasteiger partial charge on any atom is -0.497 e. The van der Waals surface area contributed by atoms with Crippen molar-refractivity contribution in [1.82, 2.24) is 14.9 Å². The normalized spacial score (nSPS) is 11.4. The zero-order valence-corrected chi connectivity index (χ0v) is 20.9. The fourth-order valence-electron chi connectivity index (χ4n) is 4.03. The molecule has 0 unspecified atom stereocenters. The number of nitrogens with one attached hydrogen (secondary N) is 1. The van der Waals surface area contributed by atoms with Crippen molar-refractivity contribution in [3.8, 4) is 11.5 Å². The summed E-state index contributed by atoms with van der Waals surface area (Å²) >= 11 is 0. The van der Waals surface area contributed by atoms with Gasteiger partial charge in [-0.2, -0.15) is 0 Å². The number of imidazole rings is 1. The maximum Gasteiger partial charge on any atom is 0.251 e. The first-order valence-corrected chi connectivity index (χ1v) is 11.9. The van der Waals surface area contributed by atoms with Crippen molar-refractivity contribution >= 4 is 16.9 Å². The lowest BCUT2D eigenvalue weighted by Gasteiger charge is -2.19. The standard InChI is InChI=1S/C29H33N3O3/c1-29(2,3)22-12-14-23(15-13-22)35-19-18-32-26-11-6-5-10-25(26)31-27(32)16-17-30-28(33)21-8-7-9-24(20-21)34-4/h5-15,20H,16-19H2,1-4H3,(H,30,33). The Morgan fingerprint density at radius 3 is 2.49 bits per heavy atom. The second kappa shape index (κ2) is 10.6. The molecule has 0 aliphatic carbocycles. The zero-order valence-electron chi connectivity index (χ0n) is 20.9. The van der Waals surface area contributed by atoms with Crippen molar-refractivity contribution < 1.29 is 14.3 Å². The van der Waals surface area contributed by atoms with E-state index in [-0.39, 0.29) is 11.3 Å². The van der Waals surface area contributed by atoms with Crippen LogP contribution in [0.2, 0.25) is 0 Å². The maximum absolute atomic E-state index is 12.6. The fraction of sp³-hybridized carbons (Fsp3) is 0.310. The Kier molecular flexibility index (Phi) is 7.39. The third kappa shape index (κ3) is 6.01. The van der Waals surface area contributed by atoms with Gasteiger partial charge >= 0.3 is 0 Å². The first kappa shape index (κ1) is 24.3. The summed E-state index contributed by atoms with van der Waals surface area (Å²) in [6.07, 6.45) is 0.616. The minimum atomic E-state index is -0.131. The molecule has 0 bridgehead atoms. The number of nitrogens with zero attached hydrogens (tertiary/aromatic N) is 2. The summed E-state index contributed by atoms with van der Waals surface area (Å²) in [6.45, 7) is 8.28. The van der Waals surface area contributed by atoms with Gasteiger partial charge in [-0.1, -0.05) is 51.1 Å². The predicted octanol–water partition coefficient (Wildman–Crippen LogP) is 5.39. The van der Waals surface area contributed by atoms with E-state index in [2.05, 4.69) is 48.9 Å². The van der Waals surface area contributed by atoms with Crippen molar-refractivity contribution in [1.29, 1.82) is 0 Å². The van der Waals surface area contributed by atoms with Crippen LogP contribution in [0, 0.1) is 0 Å². The molecular weight excluding hydrogens is 438 g/mol. The summed E-state index contributed by atoms with van der Waals surface area (Å²) in [5.41, 5.74) is 3.97. The van der Waals surface area contributed by atoms with E-state index in [9.17, 15) is 4.79 Å². The molecule has 4 rings (SSSR count). The average Bonchev–Trinajstić information content (AvgIpc) is 3.21. The molecule has 0 aliphatic rings. The van der Waals surface area contributed by atoms with E-state index in [0.29, 0.717) is 37.4 Å². The van der Waals surface area contributed by atoms with Crippen molar-refractivity contribution in [2.24, 2.45) is 0 Å². The molecule has 0 atom stereocenters.